The standard InChI is InChI=1S/C21H19F6NO4/c1-31-16-5-3-4-12(8-16)9-17(19(30)32-2)28-18(29)10-13-6-14(20(22,23)24)11-15(7-13)21(25,26)27/h3-8,11,17H,9-10H2,1-2H3,(H,28,29)/t17-/m1/s1. The zero-order valence-corrected chi connectivity index (χ0v) is 16.9. The molecule has 1 atom stereocenters. The van der Waals surface area contributed by atoms with Crippen LogP contribution in [0.4, 0.5) is 26.3 Å². The Bertz CT molecular complexity index is 939. The Kier molecular flexibility index (Phi) is 7.76. The van der Waals surface area contributed by atoms with E-state index in [1.54, 1.807) is 24.3 Å². The van der Waals surface area contributed by atoms with Crippen LogP contribution in [0, 0.1) is 0 Å². The summed E-state index contributed by atoms with van der Waals surface area (Å²) in [6.07, 6.45) is -10.9. The minimum absolute atomic E-state index is 0.0263. The molecule has 32 heavy (non-hydrogen) atoms. The molecule has 1 amide bonds. The predicted molar refractivity (Wildman–Crippen MR) is 101 cm³/mol. The van der Waals surface area contributed by atoms with Crippen LogP contribution in [0.25, 0.3) is 0 Å². The van der Waals surface area contributed by atoms with Crippen LogP contribution in [0.5, 0.6) is 5.75 Å². The van der Waals surface area contributed by atoms with Gasteiger partial charge >= 0.3 is 18.3 Å². The van der Waals surface area contributed by atoms with E-state index >= 15 is 0 Å². The van der Waals surface area contributed by atoms with Gasteiger partial charge in [-0.25, -0.2) is 4.79 Å². The van der Waals surface area contributed by atoms with Crippen LogP contribution in [0.2, 0.25) is 0 Å². The van der Waals surface area contributed by atoms with Crippen molar-refractivity contribution in [2.24, 2.45) is 0 Å². The molecule has 0 heterocycles. The van der Waals surface area contributed by atoms with Gasteiger partial charge in [0.15, 0.2) is 0 Å². The molecule has 0 aliphatic carbocycles. The Labute approximate surface area is 179 Å². The van der Waals surface area contributed by atoms with Crippen molar-refractivity contribution in [3.05, 3.63) is 64.7 Å². The molecule has 0 radical (unpaired) electrons. The minimum Gasteiger partial charge on any atom is -0.497 e. The van der Waals surface area contributed by atoms with Crippen LogP contribution in [0.1, 0.15) is 22.3 Å². The number of hydrogen-bond acceptors (Lipinski definition) is 4. The number of ether oxygens (including phenoxy) is 2. The molecule has 0 saturated carbocycles. The van der Waals surface area contributed by atoms with Gasteiger partial charge in [-0.2, -0.15) is 26.3 Å². The van der Waals surface area contributed by atoms with Gasteiger partial charge in [0.25, 0.3) is 0 Å². The Morgan fingerprint density at radius 1 is 0.906 bits per heavy atom. The third-order valence-corrected chi connectivity index (χ3v) is 4.41. The molecule has 0 spiro atoms. The highest BCUT2D eigenvalue weighted by molar-refractivity contribution is 5.85. The van der Waals surface area contributed by atoms with Crippen molar-refractivity contribution in [3.63, 3.8) is 0 Å². The number of benzene rings is 2. The third kappa shape index (κ3) is 6.89. The van der Waals surface area contributed by atoms with E-state index in [0.29, 0.717) is 23.4 Å². The SMILES string of the molecule is COC(=O)[C@@H](Cc1cccc(OC)c1)NC(=O)Cc1cc(C(F)(F)F)cc(C(F)(F)F)c1. The number of alkyl halides is 6. The zero-order valence-electron chi connectivity index (χ0n) is 16.9. The summed E-state index contributed by atoms with van der Waals surface area (Å²) in [4.78, 5) is 24.4. The molecule has 2 rings (SSSR count). The molecule has 1 N–H and O–H groups in total. The molecular weight excluding hydrogens is 444 g/mol. The molecule has 0 saturated heterocycles. The van der Waals surface area contributed by atoms with Crippen molar-refractivity contribution in [2.45, 2.75) is 31.2 Å². The second-order valence-corrected chi connectivity index (χ2v) is 6.79. The molecule has 5 nitrogen and oxygen atoms in total. The van der Waals surface area contributed by atoms with Gasteiger partial charge in [0.05, 0.1) is 31.8 Å². The van der Waals surface area contributed by atoms with E-state index in [4.69, 9.17) is 4.74 Å². The molecular formula is C21H19F6NO4. The number of esters is 1. The van der Waals surface area contributed by atoms with Gasteiger partial charge in [0, 0.05) is 6.42 Å². The van der Waals surface area contributed by atoms with E-state index in [9.17, 15) is 35.9 Å². The normalized spacial score (nSPS) is 12.8. The van der Waals surface area contributed by atoms with Crippen LogP contribution in [0.3, 0.4) is 0 Å². The third-order valence-electron chi connectivity index (χ3n) is 4.41. The van der Waals surface area contributed by atoms with E-state index in [1.807, 2.05) is 0 Å². The van der Waals surface area contributed by atoms with Gasteiger partial charge in [-0.3, -0.25) is 4.79 Å². The fourth-order valence-electron chi connectivity index (χ4n) is 2.92. The first-order valence-electron chi connectivity index (χ1n) is 9.12. The van der Waals surface area contributed by atoms with E-state index < -0.39 is 53.4 Å². The van der Waals surface area contributed by atoms with Crippen LogP contribution in [-0.4, -0.2) is 32.1 Å². The maximum absolute atomic E-state index is 13.0. The fourth-order valence-corrected chi connectivity index (χ4v) is 2.92. The number of amides is 1. The van der Waals surface area contributed by atoms with Gasteiger partial charge < -0.3 is 14.8 Å². The lowest BCUT2D eigenvalue weighted by Crippen LogP contribution is -2.43. The average Bonchev–Trinajstić information content (AvgIpc) is 2.71. The maximum atomic E-state index is 13.0. The fraction of sp³-hybridized carbons (Fsp3) is 0.333. The van der Waals surface area contributed by atoms with Gasteiger partial charge in [0.2, 0.25) is 5.91 Å². The largest absolute Gasteiger partial charge is 0.497 e. The van der Waals surface area contributed by atoms with Crippen molar-refractivity contribution >= 4 is 11.9 Å². The molecule has 0 fully saturated rings. The predicted octanol–water partition coefficient (Wildman–Crippen LogP) is 4.18. The lowest BCUT2D eigenvalue weighted by molar-refractivity contribution is -0.145. The first kappa shape index (κ1) is 25.0. The Morgan fingerprint density at radius 3 is 2.00 bits per heavy atom. The number of carbonyl (C=O) groups is 2. The number of nitrogens with one attached hydrogen (secondary N) is 1. The van der Waals surface area contributed by atoms with Crippen LogP contribution >= 0.6 is 0 Å². The van der Waals surface area contributed by atoms with Gasteiger partial charge in [-0.1, -0.05) is 12.1 Å². The summed E-state index contributed by atoms with van der Waals surface area (Å²) >= 11 is 0. The van der Waals surface area contributed by atoms with E-state index in [1.165, 1.54) is 7.11 Å². The Hall–Kier alpha value is -3.24. The Morgan fingerprint density at radius 2 is 1.50 bits per heavy atom. The average molecular weight is 463 g/mol. The number of halogens is 6. The molecule has 0 aromatic heterocycles. The van der Waals surface area contributed by atoms with E-state index in [0.717, 1.165) is 7.11 Å². The van der Waals surface area contributed by atoms with Crippen molar-refractivity contribution in [1.82, 2.24) is 5.32 Å². The van der Waals surface area contributed by atoms with Gasteiger partial charge in [-0.15, -0.1) is 0 Å². The highest BCUT2D eigenvalue weighted by Gasteiger charge is 2.37. The van der Waals surface area contributed by atoms with Crippen molar-refractivity contribution < 1.29 is 45.4 Å². The van der Waals surface area contributed by atoms with Crippen LogP contribution < -0.4 is 10.1 Å². The number of carbonyl (C=O) groups excluding carboxylic acids is 2. The number of hydrogen-bond donors (Lipinski definition) is 1. The summed E-state index contributed by atoms with van der Waals surface area (Å²) in [5, 5.41) is 2.30. The second kappa shape index (κ2) is 9.92. The van der Waals surface area contributed by atoms with Gasteiger partial charge in [-0.05, 0) is 41.5 Å². The molecule has 174 valence electrons. The summed E-state index contributed by atoms with van der Waals surface area (Å²) in [5.74, 6) is -1.29. The minimum atomic E-state index is -5.03. The van der Waals surface area contributed by atoms with Crippen molar-refractivity contribution in [2.75, 3.05) is 14.2 Å². The Balaban J connectivity index is 2.24. The summed E-state index contributed by atoms with van der Waals surface area (Å²) in [5.41, 5.74) is -2.99. The van der Waals surface area contributed by atoms with Crippen LogP contribution in [0.15, 0.2) is 42.5 Å². The molecule has 0 unspecified atom stereocenters. The molecule has 11 heteroatoms. The topological polar surface area (TPSA) is 64.6 Å². The summed E-state index contributed by atoms with van der Waals surface area (Å²) in [6.45, 7) is 0. The maximum Gasteiger partial charge on any atom is 0.416 e. The lowest BCUT2D eigenvalue weighted by atomic mass is 10.0. The highest BCUT2D eigenvalue weighted by Crippen LogP contribution is 2.36. The first-order valence-corrected chi connectivity index (χ1v) is 9.12. The smallest absolute Gasteiger partial charge is 0.416 e. The molecule has 0 bridgehead atoms. The highest BCUT2D eigenvalue weighted by atomic mass is 19.4. The van der Waals surface area contributed by atoms with Crippen LogP contribution in [-0.2, 0) is 39.5 Å². The molecule has 0 aliphatic rings. The summed E-state index contributed by atoms with van der Waals surface area (Å²) < 4.78 is 87.7. The van der Waals surface area contributed by atoms with Gasteiger partial charge in [0.1, 0.15) is 11.8 Å². The summed E-state index contributed by atoms with van der Waals surface area (Å²) in [7, 11) is 2.51. The number of rotatable bonds is 7. The summed E-state index contributed by atoms with van der Waals surface area (Å²) in [6, 6.07) is 6.23. The zero-order chi connectivity index (χ0) is 24.1. The molecule has 2 aromatic carbocycles. The second-order valence-electron chi connectivity index (χ2n) is 6.79. The van der Waals surface area contributed by atoms with Crippen molar-refractivity contribution in [3.8, 4) is 5.75 Å². The number of methoxy groups -OCH3 is 2. The monoisotopic (exact) mass is 463 g/mol. The van der Waals surface area contributed by atoms with Crippen molar-refractivity contribution in [1.29, 1.82) is 0 Å². The molecule has 2 aromatic rings. The quantitative estimate of drug-likeness (QED) is 0.495. The van der Waals surface area contributed by atoms with E-state index in [2.05, 4.69) is 10.1 Å². The first-order chi connectivity index (χ1) is 14.8. The molecule has 0 aliphatic heterocycles. The lowest BCUT2D eigenvalue weighted by Gasteiger charge is -2.18. The van der Waals surface area contributed by atoms with E-state index in [-0.39, 0.29) is 12.5 Å².